The summed E-state index contributed by atoms with van der Waals surface area (Å²) in [7, 11) is 1.62. The van der Waals surface area contributed by atoms with Crippen molar-refractivity contribution in [3.63, 3.8) is 0 Å². The van der Waals surface area contributed by atoms with Crippen LogP contribution in [0.2, 0.25) is 0 Å². The first-order valence-electron chi connectivity index (χ1n) is 5.59. The van der Waals surface area contributed by atoms with Crippen molar-refractivity contribution in [3.8, 4) is 0 Å². The van der Waals surface area contributed by atoms with Gasteiger partial charge in [0, 0.05) is 25.4 Å². The van der Waals surface area contributed by atoms with Gasteiger partial charge in [0.05, 0.1) is 5.41 Å². The van der Waals surface area contributed by atoms with Gasteiger partial charge in [0.15, 0.2) is 0 Å². The van der Waals surface area contributed by atoms with Gasteiger partial charge >= 0.3 is 0 Å². The average Bonchev–Trinajstić information content (AvgIpc) is 2.35. The Bertz CT molecular complexity index is 459. The molecule has 0 saturated heterocycles. The Hall–Kier alpha value is -1.69. The number of rotatable bonds is 5. The van der Waals surface area contributed by atoms with Gasteiger partial charge < -0.3 is 16.4 Å². The van der Waals surface area contributed by atoms with E-state index in [2.05, 4.69) is 15.6 Å². The molecule has 0 saturated carbocycles. The van der Waals surface area contributed by atoms with Crippen LogP contribution < -0.4 is 16.4 Å². The zero-order valence-corrected chi connectivity index (χ0v) is 11.6. The SMILES string of the molecule is CNC(=O)C(C)(C)CNc1cc(C(N)=S)ccn1. The Labute approximate surface area is 112 Å². The van der Waals surface area contributed by atoms with E-state index in [0.717, 1.165) is 5.56 Å². The third-order valence-corrected chi connectivity index (χ3v) is 2.83. The molecule has 1 rings (SSSR count). The molecule has 1 aromatic rings. The summed E-state index contributed by atoms with van der Waals surface area (Å²) in [6, 6.07) is 3.51. The second-order valence-electron chi connectivity index (χ2n) is 4.61. The zero-order valence-electron chi connectivity index (χ0n) is 10.8. The van der Waals surface area contributed by atoms with E-state index in [1.807, 2.05) is 13.8 Å². The third-order valence-electron chi connectivity index (χ3n) is 2.60. The fourth-order valence-electron chi connectivity index (χ4n) is 1.41. The average molecular weight is 266 g/mol. The standard InChI is InChI=1S/C12H18N4OS/c1-12(2,11(17)14-3)7-16-9-6-8(10(13)18)4-5-15-9/h4-6H,7H2,1-3H3,(H2,13,18)(H,14,17)(H,15,16). The number of nitrogens with zero attached hydrogens (tertiary/aromatic N) is 1. The van der Waals surface area contributed by atoms with Crippen LogP contribution in [0.25, 0.3) is 0 Å². The molecule has 0 aliphatic carbocycles. The Morgan fingerprint density at radius 1 is 1.56 bits per heavy atom. The smallest absolute Gasteiger partial charge is 0.227 e. The van der Waals surface area contributed by atoms with Crippen molar-refractivity contribution in [1.82, 2.24) is 10.3 Å². The lowest BCUT2D eigenvalue weighted by molar-refractivity contribution is -0.128. The highest BCUT2D eigenvalue weighted by atomic mass is 32.1. The van der Waals surface area contributed by atoms with E-state index in [-0.39, 0.29) is 5.91 Å². The summed E-state index contributed by atoms with van der Waals surface area (Å²) in [6.45, 7) is 4.19. The van der Waals surface area contributed by atoms with Crippen molar-refractivity contribution in [2.75, 3.05) is 18.9 Å². The van der Waals surface area contributed by atoms with Crippen LogP contribution in [-0.4, -0.2) is 29.5 Å². The van der Waals surface area contributed by atoms with Gasteiger partial charge in [-0.25, -0.2) is 4.98 Å². The van der Waals surface area contributed by atoms with E-state index >= 15 is 0 Å². The number of aromatic nitrogens is 1. The van der Waals surface area contributed by atoms with Crippen LogP contribution in [0.5, 0.6) is 0 Å². The Balaban J connectivity index is 2.72. The summed E-state index contributed by atoms with van der Waals surface area (Å²) in [4.78, 5) is 16.1. The summed E-state index contributed by atoms with van der Waals surface area (Å²) in [5, 5.41) is 5.74. The maximum Gasteiger partial charge on any atom is 0.227 e. The molecule has 0 aliphatic rings. The second-order valence-corrected chi connectivity index (χ2v) is 5.05. The molecular weight excluding hydrogens is 248 g/mol. The minimum atomic E-state index is -0.518. The molecule has 0 bridgehead atoms. The summed E-state index contributed by atoms with van der Waals surface area (Å²) in [6.07, 6.45) is 1.63. The van der Waals surface area contributed by atoms with Gasteiger partial charge in [-0.15, -0.1) is 0 Å². The fraction of sp³-hybridized carbons (Fsp3) is 0.417. The Kier molecular flexibility index (Phi) is 4.61. The van der Waals surface area contributed by atoms with Crippen molar-refractivity contribution in [2.45, 2.75) is 13.8 Å². The number of amides is 1. The summed E-state index contributed by atoms with van der Waals surface area (Å²) >= 11 is 4.90. The van der Waals surface area contributed by atoms with E-state index in [0.29, 0.717) is 17.4 Å². The van der Waals surface area contributed by atoms with Crippen LogP contribution in [-0.2, 0) is 4.79 Å². The van der Waals surface area contributed by atoms with Gasteiger partial charge in [-0.1, -0.05) is 12.2 Å². The number of pyridine rings is 1. The van der Waals surface area contributed by atoms with E-state index < -0.39 is 5.41 Å². The molecule has 0 aromatic carbocycles. The Morgan fingerprint density at radius 3 is 2.78 bits per heavy atom. The van der Waals surface area contributed by atoms with Gasteiger partial charge in [0.2, 0.25) is 5.91 Å². The maximum absolute atomic E-state index is 11.6. The van der Waals surface area contributed by atoms with Crippen LogP contribution >= 0.6 is 12.2 Å². The molecule has 18 heavy (non-hydrogen) atoms. The largest absolute Gasteiger partial charge is 0.389 e. The first kappa shape index (κ1) is 14.4. The van der Waals surface area contributed by atoms with Crippen LogP contribution in [0, 0.1) is 5.41 Å². The van der Waals surface area contributed by atoms with Crippen LogP contribution in [0.3, 0.4) is 0 Å². The lowest BCUT2D eigenvalue weighted by Gasteiger charge is -2.23. The zero-order chi connectivity index (χ0) is 13.8. The molecule has 0 spiro atoms. The summed E-state index contributed by atoms with van der Waals surface area (Å²) < 4.78 is 0. The number of nitrogens with one attached hydrogen (secondary N) is 2. The molecular formula is C12H18N4OS. The number of hydrogen-bond acceptors (Lipinski definition) is 4. The van der Waals surface area contributed by atoms with Crippen molar-refractivity contribution in [1.29, 1.82) is 0 Å². The molecule has 1 aromatic heterocycles. The van der Waals surface area contributed by atoms with Crippen LogP contribution in [0.15, 0.2) is 18.3 Å². The second kappa shape index (κ2) is 5.77. The molecule has 0 atom stereocenters. The number of carbonyl (C=O) groups excluding carboxylic acids is 1. The van der Waals surface area contributed by atoms with Gasteiger partial charge in [-0.05, 0) is 26.0 Å². The number of carbonyl (C=O) groups is 1. The fourth-order valence-corrected chi connectivity index (χ4v) is 1.54. The molecule has 0 fully saturated rings. The quantitative estimate of drug-likeness (QED) is 0.690. The molecule has 5 nitrogen and oxygen atoms in total. The highest BCUT2D eigenvalue weighted by Crippen LogP contribution is 2.16. The molecule has 0 aliphatic heterocycles. The van der Waals surface area contributed by atoms with Crippen molar-refractivity contribution < 1.29 is 4.79 Å². The minimum Gasteiger partial charge on any atom is -0.389 e. The summed E-state index contributed by atoms with van der Waals surface area (Å²) in [5.41, 5.74) is 5.78. The highest BCUT2D eigenvalue weighted by molar-refractivity contribution is 7.80. The predicted molar refractivity (Wildman–Crippen MR) is 76.5 cm³/mol. The predicted octanol–water partition coefficient (Wildman–Crippen LogP) is 0.900. The molecule has 4 N–H and O–H groups in total. The lowest BCUT2D eigenvalue weighted by Crippen LogP contribution is -2.39. The van der Waals surface area contributed by atoms with Gasteiger partial charge in [-0.2, -0.15) is 0 Å². The van der Waals surface area contributed by atoms with E-state index in [9.17, 15) is 4.79 Å². The van der Waals surface area contributed by atoms with E-state index in [1.54, 1.807) is 25.4 Å². The van der Waals surface area contributed by atoms with E-state index in [1.165, 1.54) is 0 Å². The molecule has 6 heteroatoms. The van der Waals surface area contributed by atoms with Crippen molar-refractivity contribution in [3.05, 3.63) is 23.9 Å². The van der Waals surface area contributed by atoms with Crippen LogP contribution in [0.1, 0.15) is 19.4 Å². The van der Waals surface area contributed by atoms with Gasteiger partial charge in [0.1, 0.15) is 10.8 Å². The topological polar surface area (TPSA) is 80.0 Å². The molecule has 1 heterocycles. The number of anilines is 1. The van der Waals surface area contributed by atoms with Gasteiger partial charge in [-0.3, -0.25) is 4.79 Å². The molecule has 0 radical (unpaired) electrons. The Morgan fingerprint density at radius 2 is 2.22 bits per heavy atom. The summed E-state index contributed by atoms with van der Waals surface area (Å²) in [5.74, 6) is 0.623. The highest BCUT2D eigenvalue weighted by Gasteiger charge is 2.26. The molecule has 0 unspecified atom stereocenters. The minimum absolute atomic E-state index is 0.0273. The number of hydrogen-bond donors (Lipinski definition) is 3. The monoisotopic (exact) mass is 266 g/mol. The van der Waals surface area contributed by atoms with Crippen molar-refractivity contribution >= 4 is 28.9 Å². The lowest BCUT2D eigenvalue weighted by atomic mass is 9.92. The number of thiocarbonyl (C=S) groups is 1. The molecule has 98 valence electrons. The normalized spacial score (nSPS) is 10.8. The third kappa shape index (κ3) is 3.66. The number of nitrogens with two attached hydrogens (primary N) is 1. The first-order chi connectivity index (χ1) is 8.36. The van der Waals surface area contributed by atoms with Crippen LogP contribution in [0.4, 0.5) is 5.82 Å². The van der Waals surface area contributed by atoms with Crippen molar-refractivity contribution in [2.24, 2.45) is 11.1 Å². The maximum atomic E-state index is 11.6. The first-order valence-corrected chi connectivity index (χ1v) is 5.99. The molecule has 1 amide bonds. The van der Waals surface area contributed by atoms with Gasteiger partial charge in [0.25, 0.3) is 0 Å². The van der Waals surface area contributed by atoms with E-state index in [4.69, 9.17) is 18.0 Å².